The van der Waals surface area contributed by atoms with E-state index in [9.17, 15) is 14.4 Å². The van der Waals surface area contributed by atoms with Crippen molar-refractivity contribution in [2.24, 2.45) is 0 Å². The van der Waals surface area contributed by atoms with Crippen LogP contribution in [0, 0.1) is 0 Å². The van der Waals surface area contributed by atoms with Gasteiger partial charge in [-0.2, -0.15) is 0 Å². The number of benzene rings is 2. The van der Waals surface area contributed by atoms with Crippen molar-refractivity contribution in [1.29, 1.82) is 0 Å². The highest BCUT2D eigenvalue weighted by Gasteiger charge is 2.29. The Bertz CT molecular complexity index is 1280. The number of nitrogens with one attached hydrogen (secondary N) is 2. The molecule has 3 aromatic rings. The molecule has 8 nitrogen and oxygen atoms in total. The van der Waals surface area contributed by atoms with Gasteiger partial charge in [-0.05, 0) is 55.8 Å². The summed E-state index contributed by atoms with van der Waals surface area (Å²) >= 11 is 12.0. The van der Waals surface area contributed by atoms with Gasteiger partial charge in [0.05, 0.1) is 46.2 Å². The van der Waals surface area contributed by atoms with Crippen LogP contribution in [0.4, 0.5) is 5.69 Å². The number of halogens is 2. The maximum Gasteiger partial charge on any atom is 0.337 e. The topological polar surface area (TPSA) is 104 Å². The molecule has 1 aromatic heterocycles. The van der Waals surface area contributed by atoms with E-state index in [2.05, 4.69) is 15.3 Å². The van der Waals surface area contributed by atoms with E-state index in [-0.39, 0.29) is 18.0 Å². The smallest absolute Gasteiger partial charge is 0.337 e. The van der Waals surface area contributed by atoms with Crippen molar-refractivity contribution >= 4 is 51.7 Å². The summed E-state index contributed by atoms with van der Waals surface area (Å²) in [5.41, 5.74) is 0.962. The van der Waals surface area contributed by atoms with Crippen molar-refractivity contribution in [1.82, 2.24) is 14.9 Å². The number of hydrogen-bond donors (Lipinski definition) is 2. The second kappa shape index (κ2) is 9.91. The highest BCUT2D eigenvalue weighted by atomic mass is 35.5. The van der Waals surface area contributed by atoms with E-state index in [4.69, 9.17) is 27.9 Å². The number of carbonyl (C=O) groups excluding carboxylic acids is 2. The normalized spacial score (nSPS) is 16.5. The maximum absolute atomic E-state index is 13.0. The van der Waals surface area contributed by atoms with Crippen LogP contribution < -0.4 is 10.9 Å². The summed E-state index contributed by atoms with van der Waals surface area (Å²) in [4.78, 5) is 46.8. The summed E-state index contributed by atoms with van der Waals surface area (Å²) in [5, 5.41) is 4.04. The molecule has 2 aromatic carbocycles. The maximum atomic E-state index is 13.0. The third-order valence-electron chi connectivity index (χ3n) is 5.63. The number of piperidine rings is 1. The van der Waals surface area contributed by atoms with E-state index in [1.807, 2.05) is 4.90 Å². The number of aromatic amines is 1. The first-order chi connectivity index (χ1) is 15.9. The molecule has 0 spiro atoms. The van der Waals surface area contributed by atoms with Crippen LogP contribution in [0.1, 0.15) is 35.4 Å². The molecule has 1 amide bonds. The SMILES string of the molecule is COC(=O)c1ccc2c(=O)[nH]c(CN3CCCCC3C(=O)Nc3ccc(Cl)c(Cl)c3)nc2c1. The number of amides is 1. The van der Waals surface area contributed by atoms with Crippen LogP contribution in [-0.2, 0) is 16.1 Å². The molecule has 1 unspecified atom stereocenters. The van der Waals surface area contributed by atoms with Crippen LogP contribution in [0.3, 0.4) is 0 Å². The van der Waals surface area contributed by atoms with Crippen LogP contribution in [-0.4, -0.2) is 46.4 Å². The summed E-state index contributed by atoms with van der Waals surface area (Å²) in [7, 11) is 1.29. The number of anilines is 1. The monoisotopic (exact) mass is 488 g/mol. The molecule has 172 valence electrons. The zero-order valence-electron chi connectivity index (χ0n) is 17.9. The minimum absolute atomic E-state index is 0.163. The van der Waals surface area contributed by atoms with Gasteiger partial charge in [-0.3, -0.25) is 14.5 Å². The standard InChI is InChI=1S/C23H22Cl2N4O4/c1-33-23(32)13-5-7-15-18(10-13)27-20(28-21(15)30)12-29-9-3-2-4-19(29)22(31)26-14-6-8-16(24)17(25)11-14/h5-8,10-11,19H,2-4,9,12H2,1H3,(H,26,31)(H,27,28,30). The second-order valence-corrected chi connectivity index (χ2v) is 8.65. The Morgan fingerprint density at radius 3 is 2.76 bits per heavy atom. The number of ether oxygens (including phenoxy) is 1. The number of likely N-dealkylation sites (tertiary alicyclic amines) is 1. The minimum Gasteiger partial charge on any atom is -0.465 e. The molecule has 0 aliphatic carbocycles. The van der Waals surface area contributed by atoms with Crippen LogP contribution >= 0.6 is 23.2 Å². The summed E-state index contributed by atoms with van der Waals surface area (Å²) in [6, 6.07) is 9.14. The Balaban J connectivity index is 1.56. The Morgan fingerprint density at radius 1 is 1.18 bits per heavy atom. The van der Waals surface area contributed by atoms with Gasteiger partial charge in [0.2, 0.25) is 5.91 Å². The van der Waals surface area contributed by atoms with E-state index in [1.54, 1.807) is 24.3 Å². The van der Waals surface area contributed by atoms with Crippen molar-refractivity contribution in [3.63, 3.8) is 0 Å². The van der Waals surface area contributed by atoms with Crippen LogP contribution in [0.25, 0.3) is 10.9 Å². The number of fused-ring (bicyclic) bond motifs is 1. The number of methoxy groups -OCH3 is 1. The zero-order valence-corrected chi connectivity index (χ0v) is 19.4. The summed E-state index contributed by atoms with van der Waals surface area (Å²) in [5.74, 6) is -0.247. The number of rotatable bonds is 5. The fourth-order valence-electron chi connectivity index (χ4n) is 3.98. The van der Waals surface area contributed by atoms with Gasteiger partial charge in [0.1, 0.15) is 5.82 Å². The van der Waals surface area contributed by atoms with Crippen LogP contribution in [0.15, 0.2) is 41.2 Å². The molecule has 0 saturated carbocycles. The summed E-state index contributed by atoms with van der Waals surface area (Å²) < 4.78 is 4.75. The zero-order chi connectivity index (χ0) is 23.5. The largest absolute Gasteiger partial charge is 0.465 e. The molecule has 0 radical (unpaired) electrons. The molecule has 1 aliphatic rings. The second-order valence-electron chi connectivity index (χ2n) is 7.84. The van der Waals surface area contributed by atoms with Crippen molar-refractivity contribution in [2.75, 3.05) is 19.0 Å². The third kappa shape index (κ3) is 5.19. The van der Waals surface area contributed by atoms with Gasteiger partial charge >= 0.3 is 5.97 Å². The van der Waals surface area contributed by atoms with E-state index >= 15 is 0 Å². The first-order valence-electron chi connectivity index (χ1n) is 10.5. The lowest BCUT2D eigenvalue weighted by molar-refractivity contribution is -0.122. The fraction of sp³-hybridized carbons (Fsp3) is 0.304. The van der Waals surface area contributed by atoms with Gasteiger partial charge in [-0.1, -0.05) is 29.6 Å². The van der Waals surface area contributed by atoms with Gasteiger partial charge in [-0.15, -0.1) is 0 Å². The fourth-order valence-corrected chi connectivity index (χ4v) is 4.27. The number of H-pyrrole nitrogens is 1. The predicted molar refractivity (Wildman–Crippen MR) is 127 cm³/mol. The Labute approximate surface area is 199 Å². The average Bonchev–Trinajstić information content (AvgIpc) is 2.81. The van der Waals surface area contributed by atoms with Crippen molar-refractivity contribution < 1.29 is 14.3 Å². The van der Waals surface area contributed by atoms with Crippen molar-refractivity contribution in [3.05, 3.63) is 68.2 Å². The molecule has 0 bridgehead atoms. The minimum atomic E-state index is -0.504. The number of carbonyl (C=O) groups is 2. The van der Waals surface area contributed by atoms with Gasteiger partial charge < -0.3 is 15.0 Å². The van der Waals surface area contributed by atoms with E-state index in [0.29, 0.717) is 51.0 Å². The molecule has 4 rings (SSSR count). The molecule has 1 saturated heterocycles. The molecular weight excluding hydrogens is 467 g/mol. The molecule has 33 heavy (non-hydrogen) atoms. The van der Waals surface area contributed by atoms with Gasteiger partial charge in [0, 0.05) is 5.69 Å². The number of aromatic nitrogens is 2. The Kier molecular flexibility index (Phi) is 6.97. The number of hydrogen-bond acceptors (Lipinski definition) is 6. The highest BCUT2D eigenvalue weighted by Crippen LogP contribution is 2.26. The Hall–Kier alpha value is -2.94. The summed E-state index contributed by atoms with van der Waals surface area (Å²) in [6.45, 7) is 0.969. The quantitative estimate of drug-likeness (QED) is 0.525. The highest BCUT2D eigenvalue weighted by molar-refractivity contribution is 6.42. The predicted octanol–water partition coefficient (Wildman–Crippen LogP) is 4.01. The molecule has 1 aliphatic heterocycles. The van der Waals surface area contributed by atoms with E-state index in [0.717, 1.165) is 12.8 Å². The molecule has 1 atom stereocenters. The number of nitrogens with zero attached hydrogens (tertiary/aromatic N) is 2. The van der Waals surface area contributed by atoms with Crippen molar-refractivity contribution in [3.8, 4) is 0 Å². The molecule has 2 heterocycles. The van der Waals surface area contributed by atoms with Crippen LogP contribution in [0.2, 0.25) is 10.0 Å². The number of esters is 1. The van der Waals surface area contributed by atoms with E-state index in [1.165, 1.54) is 19.2 Å². The first kappa shape index (κ1) is 23.2. The van der Waals surface area contributed by atoms with Gasteiger partial charge in [-0.25, -0.2) is 9.78 Å². The Morgan fingerprint density at radius 2 is 2.00 bits per heavy atom. The lowest BCUT2D eigenvalue weighted by atomic mass is 10.0. The third-order valence-corrected chi connectivity index (χ3v) is 6.37. The molecular formula is C23H22Cl2N4O4. The average molecular weight is 489 g/mol. The molecule has 1 fully saturated rings. The van der Waals surface area contributed by atoms with Crippen molar-refractivity contribution in [2.45, 2.75) is 31.8 Å². The first-order valence-corrected chi connectivity index (χ1v) is 11.2. The lowest BCUT2D eigenvalue weighted by Gasteiger charge is -2.34. The van der Waals surface area contributed by atoms with E-state index < -0.39 is 12.0 Å². The van der Waals surface area contributed by atoms with Gasteiger partial charge in [0.25, 0.3) is 5.56 Å². The molecule has 10 heteroatoms. The van der Waals surface area contributed by atoms with Crippen LogP contribution in [0.5, 0.6) is 0 Å². The summed E-state index contributed by atoms with van der Waals surface area (Å²) in [6.07, 6.45) is 2.53. The van der Waals surface area contributed by atoms with Gasteiger partial charge in [0.15, 0.2) is 0 Å². The molecule has 2 N–H and O–H groups in total. The lowest BCUT2D eigenvalue weighted by Crippen LogP contribution is -2.47.